The minimum absolute atomic E-state index is 0.464. The fourth-order valence-electron chi connectivity index (χ4n) is 7.41. The van der Waals surface area contributed by atoms with E-state index in [4.69, 9.17) is 22.6 Å². The molecule has 0 unspecified atom stereocenters. The van der Waals surface area contributed by atoms with Gasteiger partial charge in [-0.15, -0.1) is 0 Å². The Labute approximate surface area is 276 Å². The molecule has 0 N–H and O–H groups in total. The molecule has 0 saturated carbocycles. The molecule has 1 saturated heterocycles. The summed E-state index contributed by atoms with van der Waals surface area (Å²) in [6.07, 6.45) is 0. The summed E-state index contributed by atoms with van der Waals surface area (Å²) in [5, 5.41) is 6.35. The van der Waals surface area contributed by atoms with Crippen molar-refractivity contribution in [3.8, 4) is 22.3 Å². The minimum atomic E-state index is -0.542. The van der Waals surface area contributed by atoms with Gasteiger partial charge in [-0.1, -0.05) is 91.0 Å². The van der Waals surface area contributed by atoms with Crippen molar-refractivity contribution >= 4 is 78.4 Å². The van der Waals surface area contributed by atoms with E-state index in [-0.39, 0.29) is 0 Å². The molecule has 0 aliphatic carbocycles. The molecular formula is C42H31BO5. The van der Waals surface area contributed by atoms with Gasteiger partial charge < -0.3 is 22.6 Å². The van der Waals surface area contributed by atoms with E-state index in [0.29, 0.717) is 0 Å². The molecule has 1 aliphatic heterocycles. The molecule has 0 spiro atoms. The molecule has 3 aromatic heterocycles. The van der Waals surface area contributed by atoms with E-state index in [0.717, 1.165) is 93.5 Å². The fraction of sp³-hybridized carbons (Fsp3) is 0.143. The largest absolute Gasteiger partial charge is 0.498 e. The standard InChI is InChI=1S/C42H31BO5/c1-41(2)42(3,4)48-43(47-41)33-19-11-18-29-28-16-10-17-30(39(28)46-40(29)33)32-22-24(23-36-37(32)31-13-6-8-21-35(31)44-36)25-14-9-15-27-26-12-5-7-20-34(26)45-38(25)27/h5-23H,1-4H3. The Bertz CT molecular complexity index is 2740. The zero-order valence-corrected chi connectivity index (χ0v) is 27.1. The smallest absolute Gasteiger partial charge is 0.456 e. The van der Waals surface area contributed by atoms with Gasteiger partial charge in [0.15, 0.2) is 0 Å². The van der Waals surface area contributed by atoms with Crippen LogP contribution in [0.5, 0.6) is 0 Å². The lowest BCUT2D eigenvalue weighted by molar-refractivity contribution is 0.00578. The van der Waals surface area contributed by atoms with Crippen LogP contribution in [0.15, 0.2) is 129 Å². The van der Waals surface area contributed by atoms with Crippen molar-refractivity contribution in [3.63, 3.8) is 0 Å². The highest BCUT2D eigenvalue weighted by molar-refractivity contribution is 6.65. The van der Waals surface area contributed by atoms with E-state index >= 15 is 0 Å². The summed E-state index contributed by atoms with van der Waals surface area (Å²) in [6, 6.07) is 39.7. The van der Waals surface area contributed by atoms with Crippen LogP contribution in [0.4, 0.5) is 0 Å². The van der Waals surface area contributed by atoms with Gasteiger partial charge in [0.2, 0.25) is 0 Å². The van der Waals surface area contributed by atoms with Crippen LogP contribution < -0.4 is 5.46 Å². The molecule has 0 atom stereocenters. The summed E-state index contributed by atoms with van der Waals surface area (Å²) in [5.41, 5.74) is 8.94. The van der Waals surface area contributed by atoms with Gasteiger partial charge in [0, 0.05) is 48.9 Å². The van der Waals surface area contributed by atoms with Gasteiger partial charge in [-0.25, -0.2) is 0 Å². The first kappa shape index (κ1) is 27.8. The van der Waals surface area contributed by atoms with Crippen LogP contribution in [-0.4, -0.2) is 18.3 Å². The third-order valence-electron chi connectivity index (χ3n) is 10.5. The first-order chi connectivity index (χ1) is 23.3. The molecule has 1 aliphatic rings. The summed E-state index contributed by atoms with van der Waals surface area (Å²) < 4.78 is 32.9. The van der Waals surface area contributed by atoms with Crippen molar-refractivity contribution in [2.45, 2.75) is 38.9 Å². The van der Waals surface area contributed by atoms with Gasteiger partial charge in [-0.05, 0) is 63.1 Å². The summed E-state index contributed by atoms with van der Waals surface area (Å²) in [6.45, 7) is 8.29. The number of furan rings is 3. The summed E-state index contributed by atoms with van der Waals surface area (Å²) in [5.74, 6) is 0. The molecule has 6 aromatic carbocycles. The van der Waals surface area contributed by atoms with E-state index in [1.807, 2.05) is 30.3 Å². The molecule has 5 nitrogen and oxygen atoms in total. The third-order valence-corrected chi connectivity index (χ3v) is 10.5. The summed E-state index contributed by atoms with van der Waals surface area (Å²) >= 11 is 0. The zero-order chi connectivity index (χ0) is 32.4. The zero-order valence-electron chi connectivity index (χ0n) is 27.1. The Kier molecular flexibility index (Phi) is 5.57. The molecule has 0 bridgehead atoms. The van der Waals surface area contributed by atoms with Gasteiger partial charge in [0.1, 0.15) is 33.5 Å². The second kappa shape index (κ2) is 9.63. The molecule has 9 aromatic rings. The number of hydrogen-bond acceptors (Lipinski definition) is 5. The van der Waals surface area contributed by atoms with Gasteiger partial charge >= 0.3 is 7.12 Å². The van der Waals surface area contributed by atoms with Crippen molar-refractivity contribution in [3.05, 3.63) is 115 Å². The monoisotopic (exact) mass is 626 g/mol. The first-order valence-electron chi connectivity index (χ1n) is 16.4. The van der Waals surface area contributed by atoms with Crippen molar-refractivity contribution in [2.24, 2.45) is 0 Å². The van der Waals surface area contributed by atoms with Gasteiger partial charge in [0.05, 0.1) is 11.2 Å². The summed E-state index contributed by atoms with van der Waals surface area (Å²) in [7, 11) is -0.542. The highest BCUT2D eigenvalue weighted by Gasteiger charge is 2.52. The molecule has 0 radical (unpaired) electrons. The van der Waals surface area contributed by atoms with E-state index in [1.165, 1.54) is 0 Å². The average molecular weight is 627 g/mol. The highest BCUT2D eigenvalue weighted by Crippen LogP contribution is 2.45. The maximum Gasteiger partial charge on any atom is 0.498 e. The van der Waals surface area contributed by atoms with Crippen molar-refractivity contribution in [2.75, 3.05) is 0 Å². The maximum absolute atomic E-state index is 6.90. The first-order valence-corrected chi connectivity index (χ1v) is 16.4. The van der Waals surface area contributed by atoms with Crippen LogP contribution >= 0.6 is 0 Å². The molecule has 232 valence electrons. The second-order valence-electron chi connectivity index (χ2n) is 13.9. The lowest BCUT2D eigenvalue weighted by Crippen LogP contribution is -2.41. The lowest BCUT2D eigenvalue weighted by atomic mass is 9.78. The van der Waals surface area contributed by atoms with Crippen LogP contribution in [0, 0.1) is 0 Å². The predicted molar refractivity (Wildman–Crippen MR) is 195 cm³/mol. The Morgan fingerprint density at radius 3 is 1.75 bits per heavy atom. The fourth-order valence-corrected chi connectivity index (χ4v) is 7.41. The predicted octanol–water partition coefficient (Wildman–Crippen LogP) is 11.0. The molecular weight excluding hydrogens is 595 g/mol. The number of benzene rings is 6. The second-order valence-corrected chi connectivity index (χ2v) is 13.9. The van der Waals surface area contributed by atoms with Crippen LogP contribution in [-0.2, 0) is 9.31 Å². The van der Waals surface area contributed by atoms with Crippen molar-refractivity contribution in [1.29, 1.82) is 0 Å². The molecule has 0 amide bonds. The van der Waals surface area contributed by atoms with Crippen LogP contribution in [0.1, 0.15) is 27.7 Å². The van der Waals surface area contributed by atoms with Crippen LogP contribution in [0.3, 0.4) is 0 Å². The van der Waals surface area contributed by atoms with E-state index in [1.54, 1.807) is 0 Å². The molecule has 48 heavy (non-hydrogen) atoms. The van der Waals surface area contributed by atoms with Crippen molar-refractivity contribution < 1.29 is 22.6 Å². The van der Waals surface area contributed by atoms with Gasteiger partial charge in [-0.3, -0.25) is 0 Å². The summed E-state index contributed by atoms with van der Waals surface area (Å²) in [4.78, 5) is 0. The molecule has 4 heterocycles. The minimum Gasteiger partial charge on any atom is -0.456 e. The van der Waals surface area contributed by atoms with Gasteiger partial charge in [0.25, 0.3) is 0 Å². The SMILES string of the molecule is CC1(C)OB(c2cccc3c2oc2c(-c4cc(-c5cccc6c5oc5ccccc56)cc5oc6ccccc6c45)cccc23)OC1(C)C. The van der Waals surface area contributed by atoms with Gasteiger partial charge in [-0.2, -0.15) is 0 Å². The van der Waals surface area contributed by atoms with Crippen LogP contribution in [0.2, 0.25) is 0 Å². The molecule has 10 rings (SSSR count). The Morgan fingerprint density at radius 1 is 0.438 bits per heavy atom. The lowest BCUT2D eigenvalue weighted by Gasteiger charge is -2.32. The highest BCUT2D eigenvalue weighted by atomic mass is 16.7. The number of hydrogen-bond donors (Lipinski definition) is 0. The van der Waals surface area contributed by atoms with Crippen molar-refractivity contribution in [1.82, 2.24) is 0 Å². The maximum atomic E-state index is 6.90. The van der Waals surface area contributed by atoms with E-state index in [9.17, 15) is 0 Å². The molecule has 6 heteroatoms. The number of rotatable bonds is 3. The van der Waals surface area contributed by atoms with E-state index in [2.05, 4.69) is 113 Å². The number of para-hydroxylation sites is 5. The topological polar surface area (TPSA) is 57.9 Å². The van der Waals surface area contributed by atoms with Crippen LogP contribution in [0.25, 0.3) is 88.1 Å². The quantitative estimate of drug-likeness (QED) is 0.183. The Balaban J connectivity index is 1.25. The third kappa shape index (κ3) is 3.81. The normalized spacial score (nSPS) is 16.0. The average Bonchev–Trinajstić information content (AvgIpc) is 3.82. The number of fused-ring (bicyclic) bond motifs is 9. The molecule has 1 fully saturated rings. The Hall–Kier alpha value is -5.30. The Morgan fingerprint density at radius 2 is 1.00 bits per heavy atom. The van der Waals surface area contributed by atoms with E-state index < -0.39 is 18.3 Å².